The van der Waals surface area contributed by atoms with Crippen molar-refractivity contribution in [3.8, 4) is 0 Å². The first-order valence-corrected chi connectivity index (χ1v) is 10.3. The number of guanidine groups is 1. The molecule has 162 valence electrons. The van der Waals surface area contributed by atoms with Crippen LogP contribution in [0.4, 0.5) is 4.79 Å². The quantitative estimate of drug-likeness (QED) is 0.357. The number of aliphatic imine (C=N–C) groups is 1. The van der Waals surface area contributed by atoms with E-state index in [1.165, 1.54) is 18.4 Å². The van der Waals surface area contributed by atoms with Crippen molar-refractivity contribution in [1.82, 2.24) is 15.5 Å². The van der Waals surface area contributed by atoms with Crippen LogP contribution in [-0.4, -0.2) is 55.3 Å². The normalized spacial score (nSPS) is 20.6. The van der Waals surface area contributed by atoms with E-state index < -0.39 is 5.60 Å². The van der Waals surface area contributed by atoms with Gasteiger partial charge in [0.15, 0.2) is 5.96 Å². The van der Waals surface area contributed by atoms with Gasteiger partial charge in [-0.3, -0.25) is 4.99 Å². The van der Waals surface area contributed by atoms with Crippen LogP contribution >= 0.6 is 24.0 Å². The molecule has 1 saturated heterocycles. The molecule has 1 atom stereocenters. The number of hydrogen-bond donors (Lipinski definition) is 2. The largest absolute Gasteiger partial charge is 0.444 e. The summed E-state index contributed by atoms with van der Waals surface area (Å²) in [5, 5.41) is 6.55. The van der Waals surface area contributed by atoms with E-state index in [0.29, 0.717) is 5.41 Å². The molecule has 1 aromatic carbocycles. The van der Waals surface area contributed by atoms with Gasteiger partial charge in [-0.25, -0.2) is 4.79 Å². The molecule has 0 spiro atoms. The number of hydrogen-bond acceptors (Lipinski definition) is 3. The second-order valence-electron chi connectivity index (χ2n) is 9.14. The SMILES string of the molecule is CN=C(NCC1(Cc2ccccc2)CC1)N1CCC(NC(=O)OC(C)(C)C)C1.I. The number of rotatable bonds is 5. The molecule has 0 bridgehead atoms. The second kappa shape index (κ2) is 10.00. The summed E-state index contributed by atoms with van der Waals surface area (Å²) >= 11 is 0. The second-order valence-corrected chi connectivity index (χ2v) is 9.14. The Morgan fingerprint density at radius 2 is 1.97 bits per heavy atom. The van der Waals surface area contributed by atoms with E-state index in [4.69, 9.17) is 4.74 Å². The maximum absolute atomic E-state index is 12.0. The van der Waals surface area contributed by atoms with Crippen molar-refractivity contribution in [2.24, 2.45) is 10.4 Å². The summed E-state index contributed by atoms with van der Waals surface area (Å²) in [5.41, 5.74) is 1.28. The van der Waals surface area contributed by atoms with E-state index in [2.05, 4.69) is 50.9 Å². The van der Waals surface area contributed by atoms with Gasteiger partial charge in [-0.1, -0.05) is 30.3 Å². The minimum absolute atomic E-state index is 0. The lowest BCUT2D eigenvalue weighted by Crippen LogP contribution is -2.45. The number of carbonyl (C=O) groups is 1. The first-order valence-electron chi connectivity index (χ1n) is 10.3. The Balaban J connectivity index is 0.00000300. The third-order valence-electron chi connectivity index (χ3n) is 5.42. The van der Waals surface area contributed by atoms with Gasteiger partial charge in [-0.15, -0.1) is 24.0 Å². The first kappa shape index (κ1) is 23.8. The third-order valence-corrected chi connectivity index (χ3v) is 5.42. The van der Waals surface area contributed by atoms with Gasteiger partial charge in [0, 0.05) is 26.7 Å². The molecule has 3 rings (SSSR count). The van der Waals surface area contributed by atoms with Gasteiger partial charge in [0.25, 0.3) is 0 Å². The van der Waals surface area contributed by atoms with Crippen molar-refractivity contribution < 1.29 is 9.53 Å². The molecule has 1 aliphatic heterocycles. The van der Waals surface area contributed by atoms with Crippen molar-refractivity contribution in [2.75, 3.05) is 26.7 Å². The highest BCUT2D eigenvalue weighted by atomic mass is 127. The van der Waals surface area contributed by atoms with Crippen LogP contribution in [0.15, 0.2) is 35.3 Å². The van der Waals surface area contributed by atoms with Gasteiger partial charge in [0.1, 0.15) is 5.60 Å². The zero-order chi connectivity index (χ0) is 20.2. The van der Waals surface area contributed by atoms with Crippen molar-refractivity contribution in [1.29, 1.82) is 0 Å². The topological polar surface area (TPSA) is 66.0 Å². The summed E-state index contributed by atoms with van der Waals surface area (Å²) in [5.74, 6) is 0.924. The maximum atomic E-state index is 12.0. The molecular weight excluding hydrogens is 479 g/mol. The van der Waals surface area contributed by atoms with Crippen molar-refractivity contribution >= 4 is 36.0 Å². The number of halogens is 1. The molecule has 1 unspecified atom stereocenters. The standard InChI is InChI=1S/C22H34N4O2.HI/c1-21(2,3)28-20(27)25-18-10-13-26(15-18)19(23-4)24-16-22(11-12-22)14-17-8-6-5-7-9-17;/h5-9,18H,10-16H2,1-4H3,(H,23,24)(H,25,27);1H. The van der Waals surface area contributed by atoms with Crippen LogP contribution in [0.5, 0.6) is 0 Å². The summed E-state index contributed by atoms with van der Waals surface area (Å²) in [7, 11) is 1.83. The molecule has 29 heavy (non-hydrogen) atoms. The van der Waals surface area contributed by atoms with Crippen LogP contribution in [0.25, 0.3) is 0 Å². The lowest BCUT2D eigenvalue weighted by molar-refractivity contribution is 0.0507. The summed E-state index contributed by atoms with van der Waals surface area (Å²) in [6.45, 7) is 8.21. The Bertz CT molecular complexity index is 699. The number of nitrogens with zero attached hydrogens (tertiary/aromatic N) is 2. The average molecular weight is 514 g/mol. The highest BCUT2D eigenvalue weighted by molar-refractivity contribution is 14.0. The van der Waals surface area contributed by atoms with Gasteiger partial charge < -0.3 is 20.3 Å². The average Bonchev–Trinajstić information content (AvgIpc) is 3.23. The number of amides is 1. The molecule has 0 radical (unpaired) electrons. The number of carbonyl (C=O) groups excluding carboxylic acids is 1. The Labute approximate surface area is 191 Å². The Morgan fingerprint density at radius 1 is 1.28 bits per heavy atom. The minimum Gasteiger partial charge on any atom is -0.444 e. The predicted octanol–water partition coefficient (Wildman–Crippen LogP) is 3.80. The van der Waals surface area contributed by atoms with Crippen molar-refractivity contribution in [3.63, 3.8) is 0 Å². The molecule has 7 heteroatoms. The van der Waals surface area contributed by atoms with Crippen LogP contribution in [0.3, 0.4) is 0 Å². The van der Waals surface area contributed by atoms with E-state index >= 15 is 0 Å². The van der Waals surface area contributed by atoms with Crippen LogP contribution in [0.2, 0.25) is 0 Å². The fourth-order valence-electron chi connectivity index (χ4n) is 3.77. The van der Waals surface area contributed by atoms with Crippen LogP contribution < -0.4 is 10.6 Å². The lowest BCUT2D eigenvalue weighted by atomic mass is 9.96. The van der Waals surface area contributed by atoms with Crippen LogP contribution in [-0.2, 0) is 11.2 Å². The van der Waals surface area contributed by atoms with E-state index in [1.807, 2.05) is 27.8 Å². The molecule has 1 heterocycles. The maximum Gasteiger partial charge on any atom is 0.407 e. The Morgan fingerprint density at radius 3 is 2.55 bits per heavy atom. The molecule has 1 amide bonds. The van der Waals surface area contributed by atoms with E-state index in [-0.39, 0.29) is 36.1 Å². The summed E-state index contributed by atoms with van der Waals surface area (Å²) in [4.78, 5) is 18.7. The molecule has 0 aromatic heterocycles. The Hall–Kier alpha value is -1.51. The zero-order valence-electron chi connectivity index (χ0n) is 18.0. The van der Waals surface area contributed by atoms with E-state index in [1.54, 1.807) is 0 Å². The number of benzene rings is 1. The third kappa shape index (κ3) is 7.35. The van der Waals surface area contributed by atoms with E-state index in [9.17, 15) is 4.79 Å². The van der Waals surface area contributed by atoms with Crippen molar-refractivity contribution in [3.05, 3.63) is 35.9 Å². The molecular formula is C22H35IN4O2. The molecule has 2 fully saturated rings. The summed E-state index contributed by atoms with van der Waals surface area (Å²) in [6.07, 6.45) is 4.18. The molecule has 2 aliphatic rings. The number of nitrogens with one attached hydrogen (secondary N) is 2. The molecule has 1 aliphatic carbocycles. The van der Waals surface area contributed by atoms with Crippen LogP contribution in [0.1, 0.15) is 45.6 Å². The number of ether oxygens (including phenoxy) is 1. The summed E-state index contributed by atoms with van der Waals surface area (Å²) < 4.78 is 5.36. The number of likely N-dealkylation sites (tertiary alicyclic amines) is 1. The monoisotopic (exact) mass is 514 g/mol. The molecule has 2 N–H and O–H groups in total. The highest BCUT2D eigenvalue weighted by Crippen LogP contribution is 2.47. The van der Waals surface area contributed by atoms with E-state index in [0.717, 1.165) is 38.4 Å². The minimum atomic E-state index is -0.475. The summed E-state index contributed by atoms with van der Waals surface area (Å²) in [6, 6.07) is 10.8. The molecule has 1 aromatic rings. The highest BCUT2D eigenvalue weighted by Gasteiger charge is 2.42. The first-order chi connectivity index (χ1) is 13.3. The number of alkyl carbamates (subject to hydrolysis) is 1. The predicted molar refractivity (Wildman–Crippen MR) is 128 cm³/mol. The van der Waals surface area contributed by atoms with Gasteiger partial charge >= 0.3 is 6.09 Å². The van der Waals surface area contributed by atoms with Gasteiger partial charge in [-0.2, -0.15) is 0 Å². The molecule has 1 saturated carbocycles. The fraction of sp³-hybridized carbons (Fsp3) is 0.636. The Kier molecular flexibility index (Phi) is 8.19. The van der Waals surface area contributed by atoms with Gasteiger partial charge in [-0.05, 0) is 57.4 Å². The van der Waals surface area contributed by atoms with Crippen molar-refractivity contribution in [2.45, 2.75) is 58.1 Å². The molecule has 6 nitrogen and oxygen atoms in total. The fourth-order valence-corrected chi connectivity index (χ4v) is 3.77. The van der Waals surface area contributed by atoms with Crippen LogP contribution in [0, 0.1) is 5.41 Å². The smallest absolute Gasteiger partial charge is 0.407 e. The zero-order valence-corrected chi connectivity index (χ0v) is 20.4. The lowest BCUT2D eigenvalue weighted by Gasteiger charge is -2.25. The van der Waals surface area contributed by atoms with Gasteiger partial charge in [0.05, 0.1) is 6.04 Å². The van der Waals surface area contributed by atoms with Gasteiger partial charge in [0.2, 0.25) is 0 Å².